The maximum absolute atomic E-state index is 12.5. The van der Waals surface area contributed by atoms with E-state index in [0.29, 0.717) is 11.3 Å². The summed E-state index contributed by atoms with van der Waals surface area (Å²) in [5, 5.41) is 0. The molecule has 0 aromatic heterocycles. The molecule has 0 fully saturated rings. The molecule has 0 aliphatic rings. The van der Waals surface area contributed by atoms with Gasteiger partial charge in [-0.2, -0.15) is 0 Å². The quantitative estimate of drug-likeness (QED) is 0.761. The summed E-state index contributed by atoms with van der Waals surface area (Å²) in [6.45, 7) is 3.61. The number of rotatable bonds is 5. The van der Waals surface area contributed by atoms with Crippen molar-refractivity contribution in [1.29, 1.82) is 0 Å². The smallest absolute Gasteiger partial charge is 0.325 e. The van der Waals surface area contributed by atoms with E-state index in [-0.39, 0.29) is 18.5 Å². The summed E-state index contributed by atoms with van der Waals surface area (Å²) in [6, 6.07) is 6.82. The van der Waals surface area contributed by atoms with Gasteiger partial charge in [0.1, 0.15) is 12.3 Å². The lowest BCUT2D eigenvalue weighted by Crippen LogP contribution is -2.41. The molecule has 0 radical (unpaired) electrons. The van der Waals surface area contributed by atoms with Crippen molar-refractivity contribution in [3.63, 3.8) is 0 Å². The van der Waals surface area contributed by atoms with Crippen molar-refractivity contribution in [3.8, 4) is 5.75 Å². The van der Waals surface area contributed by atoms with Crippen LogP contribution < -0.4 is 4.74 Å². The van der Waals surface area contributed by atoms with Crippen LogP contribution in [0.2, 0.25) is 0 Å². The number of methoxy groups -OCH3 is 2. The van der Waals surface area contributed by atoms with Crippen molar-refractivity contribution in [2.24, 2.45) is 0 Å². The Morgan fingerprint density at radius 1 is 1.21 bits per heavy atom. The van der Waals surface area contributed by atoms with Crippen LogP contribution in [0.5, 0.6) is 5.75 Å². The summed E-state index contributed by atoms with van der Waals surface area (Å²) in [5.41, 5.74) is 0.433. The normalized spacial score (nSPS) is 10.2. The van der Waals surface area contributed by atoms with E-state index in [9.17, 15) is 9.59 Å². The van der Waals surface area contributed by atoms with Crippen molar-refractivity contribution in [2.45, 2.75) is 19.9 Å². The maximum Gasteiger partial charge on any atom is 0.325 e. The fourth-order valence-corrected chi connectivity index (χ4v) is 1.67. The fraction of sp³-hybridized carbons (Fsp3) is 0.429. The summed E-state index contributed by atoms with van der Waals surface area (Å²) in [7, 11) is 2.81. The Labute approximate surface area is 113 Å². The fourth-order valence-electron chi connectivity index (χ4n) is 1.67. The van der Waals surface area contributed by atoms with Gasteiger partial charge in [0.25, 0.3) is 5.91 Å². The molecule has 19 heavy (non-hydrogen) atoms. The molecule has 0 bridgehead atoms. The van der Waals surface area contributed by atoms with Crippen LogP contribution in [0.3, 0.4) is 0 Å². The predicted octanol–water partition coefficient (Wildman–Crippen LogP) is 1.72. The maximum atomic E-state index is 12.5. The summed E-state index contributed by atoms with van der Waals surface area (Å²) in [6.07, 6.45) is 0. The number of benzene rings is 1. The van der Waals surface area contributed by atoms with Crippen LogP contribution >= 0.6 is 0 Å². The Bertz CT molecular complexity index is 457. The molecule has 0 heterocycles. The molecule has 0 aliphatic heterocycles. The van der Waals surface area contributed by atoms with Crippen LogP contribution in [0.25, 0.3) is 0 Å². The molecule has 1 amide bonds. The highest BCUT2D eigenvalue weighted by Gasteiger charge is 2.24. The Morgan fingerprint density at radius 3 is 2.37 bits per heavy atom. The third-order valence-corrected chi connectivity index (χ3v) is 2.75. The van der Waals surface area contributed by atoms with Crippen LogP contribution in [-0.4, -0.2) is 43.6 Å². The van der Waals surface area contributed by atoms with Crippen LogP contribution in [0.15, 0.2) is 24.3 Å². The van der Waals surface area contributed by atoms with Crippen LogP contribution in [0, 0.1) is 0 Å². The Hall–Kier alpha value is -2.04. The van der Waals surface area contributed by atoms with Gasteiger partial charge in [-0.05, 0) is 26.0 Å². The number of hydrogen-bond acceptors (Lipinski definition) is 4. The topological polar surface area (TPSA) is 55.8 Å². The van der Waals surface area contributed by atoms with Gasteiger partial charge in [0.15, 0.2) is 0 Å². The van der Waals surface area contributed by atoms with E-state index in [2.05, 4.69) is 4.74 Å². The molecular formula is C14H19NO4. The molecule has 0 N–H and O–H groups in total. The summed E-state index contributed by atoms with van der Waals surface area (Å²) < 4.78 is 9.77. The number of carbonyl (C=O) groups excluding carboxylic acids is 2. The standard InChI is InChI=1S/C14H19NO4/c1-10(2)15(9-13(16)19-4)14(17)11-7-5-6-8-12(11)18-3/h5-8,10H,9H2,1-4H3. The first-order valence-electron chi connectivity index (χ1n) is 6.02. The van der Waals surface area contributed by atoms with E-state index < -0.39 is 5.97 Å². The number of nitrogens with zero attached hydrogens (tertiary/aromatic N) is 1. The average Bonchev–Trinajstić information content (AvgIpc) is 2.43. The second-order valence-electron chi connectivity index (χ2n) is 4.30. The lowest BCUT2D eigenvalue weighted by molar-refractivity contribution is -0.141. The predicted molar refractivity (Wildman–Crippen MR) is 71.2 cm³/mol. The first kappa shape index (κ1) is 15.0. The van der Waals surface area contributed by atoms with E-state index >= 15 is 0 Å². The summed E-state index contributed by atoms with van der Waals surface area (Å²) in [4.78, 5) is 25.3. The van der Waals surface area contributed by atoms with E-state index in [0.717, 1.165) is 0 Å². The first-order chi connectivity index (χ1) is 9.01. The zero-order valence-corrected chi connectivity index (χ0v) is 11.7. The molecule has 5 nitrogen and oxygen atoms in total. The molecule has 0 unspecified atom stereocenters. The van der Waals surface area contributed by atoms with Gasteiger partial charge in [-0.3, -0.25) is 9.59 Å². The Balaban J connectivity index is 3.02. The van der Waals surface area contributed by atoms with Crippen molar-refractivity contribution in [3.05, 3.63) is 29.8 Å². The Morgan fingerprint density at radius 2 is 1.84 bits per heavy atom. The first-order valence-corrected chi connectivity index (χ1v) is 6.02. The molecule has 0 atom stereocenters. The minimum absolute atomic E-state index is 0.0783. The Kier molecular flexibility index (Phi) is 5.36. The van der Waals surface area contributed by atoms with Crippen LogP contribution in [0.4, 0.5) is 0 Å². The zero-order chi connectivity index (χ0) is 14.4. The minimum atomic E-state index is -0.447. The molecule has 1 rings (SSSR count). The minimum Gasteiger partial charge on any atom is -0.496 e. The van der Waals surface area contributed by atoms with Gasteiger partial charge in [-0.1, -0.05) is 12.1 Å². The van der Waals surface area contributed by atoms with Crippen LogP contribution in [0.1, 0.15) is 24.2 Å². The number of esters is 1. The number of ether oxygens (including phenoxy) is 2. The van der Waals surface area contributed by atoms with E-state index in [4.69, 9.17) is 4.74 Å². The third-order valence-electron chi connectivity index (χ3n) is 2.75. The number of para-hydroxylation sites is 1. The van der Waals surface area contributed by atoms with Crippen molar-refractivity contribution >= 4 is 11.9 Å². The molecule has 0 saturated heterocycles. The van der Waals surface area contributed by atoms with Gasteiger partial charge < -0.3 is 14.4 Å². The second kappa shape index (κ2) is 6.78. The zero-order valence-electron chi connectivity index (χ0n) is 11.7. The molecule has 1 aromatic rings. The van der Waals surface area contributed by atoms with Crippen LogP contribution in [-0.2, 0) is 9.53 Å². The van der Waals surface area contributed by atoms with Gasteiger partial charge in [0, 0.05) is 6.04 Å². The lowest BCUT2D eigenvalue weighted by atomic mass is 10.1. The average molecular weight is 265 g/mol. The molecule has 5 heteroatoms. The highest BCUT2D eigenvalue weighted by molar-refractivity contribution is 5.98. The van der Waals surface area contributed by atoms with Crippen molar-refractivity contribution in [2.75, 3.05) is 20.8 Å². The second-order valence-corrected chi connectivity index (χ2v) is 4.30. The molecule has 0 aliphatic carbocycles. The molecule has 104 valence electrons. The lowest BCUT2D eigenvalue weighted by Gasteiger charge is -2.26. The highest BCUT2D eigenvalue weighted by Crippen LogP contribution is 2.20. The van der Waals surface area contributed by atoms with Crippen molar-refractivity contribution in [1.82, 2.24) is 4.90 Å². The van der Waals surface area contributed by atoms with Gasteiger partial charge in [-0.15, -0.1) is 0 Å². The van der Waals surface area contributed by atoms with Gasteiger partial charge in [0.2, 0.25) is 0 Å². The molecular weight excluding hydrogens is 246 g/mol. The molecule has 1 aromatic carbocycles. The number of amides is 1. The molecule has 0 saturated carbocycles. The molecule has 0 spiro atoms. The highest BCUT2D eigenvalue weighted by atomic mass is 16.5. The monoisotopic (exact) mass is 265 g/mol. The summed E-state index contributed by atoms with van der Waals surface area (Å²) >= 11 is 0. The summed E-state index contributed by atoms with van der Waals surface area (Å²) in [5.74, 6) is -0.210. The van der Waals surface area contributed by atoms with Gasteiger partial charge in [0.05, 0.1) is 19.8 Å². The largest absolute Gasteiger partial charge is 0.496 e. The van der Waals surface area contributed by atoms with Crippen molar-refractivity contribution < 1.29 is 19.1 Å². The third kappa shape index (κ3) is 3.71. The number of hydrogen-bond donors (Lipinski definition) is 0. The van der Waals surface area contributed by atoms with Gasteiger partial charge in [-0.25, -0.2) is 0 Å². The van der Waals surface area contributed by atoms with E-state index in [1.54, 1.807) is 24.3 Å². The number of carbonyl (C=O) groups is 2. The van der Waals surface area contributed by atoms with E-state index in [1.165, 1.54) is 19.1 Å². The SMILES string of the molecule is COC(=O)CN(C(=O)c1ccccc1OC)C(C)C. The van der Waals surface area contributed by atoms with Gasteiger partial charge >= 0.3 is 5.97 Å². The van der Waals surface area contributed by atoms with E-state index in [1.807, 2.05) is 13.8 Å².